The SMILES string of the molecule is CCc1nn(Cc2ccccc2Cl)c(CC)c1CO. The molecule has 102 valence electrons. The molecule has 2 rings (SSSR count). The van der Waals surface area contributed by atoms with Crippen LogP contribution >= 0.6 is 11.6 Å². The second kappa shape index (κ2) is 6.22. The first-order valence-corrected chi connectivity index (χ1v) is 7.00. The molecule has 1 heterocycles. The number of halogens is 1. The van der Waals surface area contributed by atoms with Crippen molar-refractivity contribution < 1.29 is 5.11 Å². The van der Waals surface area contributed by atoms with Crippen LogP contribution < -0.4 is 0 Å². The fraction of sp³-hybridized carbons (Fsp3) is 0.400. The van der Waals surface area contributed by atoms with Crippen molar-refractivity contribution in [3.8, 4) is 0 Å². The van der Waals surface area contributed by atoms with Crippen LogP contribution in [-0.2, 0) is 26.0 Å². The first kappa shape index (κ1) is 14.1. The summed E-state index contributed by atoms with van der Waals surface area (Å²) in [6.07, 6.45) is 1.69. The molecule has 0 bridgehead atoms. The fourth-order valence-electron chi connectivity index (χ4n) is 2.37. The number of aromatic nitrogens is 2. The quantitative estimate of drug-likeness (QED) is 0.912. The van der Waals surface area contributed by atoms with Gasteiger partial charge in [-0.1, -0.05) is 43.6 Å². The van der Waals surface area contributed by atoms with Gasteiger partial charge in [-0.15, -0.1) is 0 Å². The smallest absolute Gasteiger partial charge is 0.0718 e. The Bertz CT molecular complexity index is 563. The molecule has 0 fully saturated rings. The van der Waals surface area contributed by atoms with E-state index in [0.717, 1.165) is 40.4 Å². The van der Waals surface area contributed by atoms with Crippen LogP contribution in [0.5, 0.6) is 0 Å². The minimum absolute atomic E-state index is 0.0505. The summed E-state index contributed by atoms with van der Waals surface area (Å²) in [5, 5.41) is 14.9. The monoisotopic (exact) mass is 278 g/mol. The Morgan fingerprint density at radius 1 is 1.21 bits per heavy atom. The second-order valence-corrected chi connectivity index (χ2v) is 4.89. The van der Waals surface area contributed by atoms with Crippen molar-refractivity contribution in [1.82, 2.24) is 9.78 Å². The predicted molar refractivity (Wildman–Crippen MR) is 77.5 cm³/mol. The van der Waals surface area contributed by atoms with Crippen molar-refractivity contribution in [1.29, 1.82) is 0 Å². The van der Waals surface area contributed by atoms with Crippen molar-refractivity contribution in [2.24, 2.45) is 0 Å². The van der Waals surface area contributed by atoms with Crippen LogP contribution in [0.1, 0.15) is 36.4 Å². The van der Waals surface area contributed by atoms with Gasteiger partial charge in [0.05, 0.1) is 18.8 Å². The van der Waals surface area contributed by atoms with Crippen molar-refractivity contribution in [3.63, 3.8) is 0 Å². The van der Waals surface area contributed by atoms with Crippen LogP contribution in [0, 0.1) is 0 Å². The van der Waals surface area contributed by atoms with Crippen LogP contribution in [0.4, 0.5) is 0 Å². The molecule has 0 radical (unpaired) electrons. The summed E-state index contributed by atoms with van der Waals surface area (Å²) >= 11 is 6.19. The lowest BCUT2D eigenvalue weighted by Gasteiger charge is -2.08. The molecular formula is C15H19ClN2O. The Hall–Kier alpha value is -1.32. The van der Waals surface area contributed by atoms with E-state index >= 15 is 0 Å². The average molecular weight is 279 g/mol. The van der Waals surface area contributed by atoms with Gasteiger partial charge in [-0.3, -0.25) is 4.68 Å². The Kier molecular flexibility index (Phi) is 4.61. The molecule has 0 aliphatic carbocycles. The van der Waals surface area contributed by atoms with Gasteiger partial charge in [0.15, 0.2) is 0 Å². The normalized spacial score (nSPS) is 10.9. The van der Waals surface area contributed by atoms with E-state index in [1.165, 1.54) is 0 Å². The zero-order valence-corrected chi connectivity index (χ0v) is 12.1. The topological polar surface area (TPSA) is 38.0 Å². The van der Waals surface area contributed by atoms with E-state index in [0.29, 0.717) is 6.54 Å². The third-order valence-corrected chi connectivity index (χ3v) is 3.72. The van der Waals surface area contributed by atoms with Crippen LogP contribution in [0.15, 0.2) is 24.3 Å². The van der Waals surface area contributed by atoms with Crippen LogP contribution in [0.3, 0.4) is 0 Å². The number of aliphatic hydroxyl groups is 1. The number of hydrogen-bond donors (Lipinski definition) is 1. The number of benzene rings is 1. The lowest BCUT2D eigenvalue weighted by atomic mass is 10.1. The molecule has 0 atom stereocenters. The molecule has 19 heavy (non-hydrogen) atoms. The maximum atomic E-state index is 9.52. The van der Waals surface area contributed by atoms with E-state index in [-0.39, 0.29) is 6.61 Å². The van der Waals surface area contributed by atoms with E-state index in [9.17, 15) is 5.11 Å². The van der Waals surface area contributed by atoms with Crippen molar-refractivity contribution >= 4 is 11.6 Å². The summed E-state index contributed by atoms with van der Waals surface area (Å²) in [5.74, 6) is 0. The third kappa shape index (κ3) is 2.82. The Morgan fingerprint density at radius 3 is 2.53 bits per heavy atom. The van der Waals surface area contributed by atoms with E-state index in [2.05, 4.69) is 18.9 Å². The number of hydrogen-bond acceptors (Lipinski definition) is 2. The van der Waals surface area contributed by atoms with E-state index < -0.39 is 0 Å². The van der Waals surface area contributed by atoms with Crippen molar-refractivity contribution in [3.05, 3.63) is 51.8 Å². The van der Waals surface area contributed by atoms with E-state index in [4.69, 9.17) is 11.6 Å². The minimum atomic E-state index is 0.0505. The fourth-order valence-corrected chi connectivity index (χ4v) is 2.57. The molecule has 1 aromatic heterocycles. The second-order valence-electron chi connectivity index (χ2n) is 4.49. The summed E-state index contributed by atoms with van der Waals surface area (Å²) < 4.78 is 1.96. The molecular weight excluding hydrogens is 260 g/mol. The van der Waals surface area contributed by atoms with Crippen LogP contribution in [0.2, 0.25) is 5.02 Å². The van der Waals surface area contributed by atoms with E-state index in [1.807, 2.05) is 28.9 Å². The Balaban J connectivity index is 2.40. The summed E-state index contributed by atoms with van der Waals surface area (Å²) in [7, 11) is 0. The van der Waals surface area contributed by atoms with Crippen molar-refractivity contribution in [2.45, 2.75) is 39.8 Å². The summed E-state index contributed by atoms with van der Waals surface area (Å²) in [6, 6.07) is 7.80. The molecule has 0 aliphatic heterocycles. The zero-order chi connectivity index (χ0) is 13.8. The lowest BCUT2D eigenvalue weighted by molar-refractivity contribution is 0.279. The van der Waals surface area contributed by atoms with E-state index in [1.54, 1.807) is 0 Å². The number of aliphatic hydroxyl groups excluding tert-OH is 1. The first-order chi connectivity index (χ1) is 9.21. The summed E-state index contributed by atoms with van der Waals surface area (Å²) in [6.45, 7) is 4.84. The summed E-state index contributed by atoms with van der Waals surface area (Å²) in [4.78, 5) is 0. The van der Waals surface area contributed by atoms with Crippen LogP contribution in [0.25, 0.3) is 0 Å². The molecule has 2 aromatic rings. The van der Waals surface area contributed by atoms with Gasteiger partial charge in [0.1, 0.15) is 0 Å². The third-order valence-electron chi connectivity index (χ3n) is 3.36. The molecule has 3 nitrogen and oxygen atoms in total. The van der Waals surface area contributed by atoms with Gasteiger partial charge >= 0.3 is 0 Å². The number of nitrogens with zero attached hydrogens (tertiary/aromatic N) is 2. The van der Waals surface area contributed by atoms with Gasteiger partial charge in [0, 0.05) is 16.3 Å². The largest absolute Gasteiger partial charge is 0.392 e. The molecule has 0 aliphatic rings. The van der Waals surface area contributed by atoms with Gasteiger partial charge in [-0.05, 0) is 24.5 Å². The van der Waals surface area contributed by atoms with Gasteiger partial charge in [-0.2, -0.15) is 5.10 Å². The molecule has 0 unspecified atom stereocenters. The number of rotatable bonds is 5. The maximum absolute atomic E-state index is 9.52. The number of aryl methyl sites for hydroxylation is 1. The minimum Gasteiger partial charge on any atom is -0.392 e. The molecule has 0 saturated heterocycles. The standard InChI is InChI=1S/C15H19ClN2O/c1-3-14-12(10-19)15(4-2)18(17-14)9-11-7-5-6-8-13(11)16/h5-8,19H,3-4,9-10H2,1-2H3. The highest BCUT2D eigenvalue weighted by atomic mass is 35.5. The molecule has 1 aromatic carbocycles. The maximum Gasteiger partial charge on any atom is 0.0718 e. The highest BCUT2D eigenvalue weighted by molar-refractivity contribution is 6.31. The van der Waals surface area contributed by atoms with Crippen LogP contribution in [-0.4, -0.2) is 14.9 Å². The van der Waals surface area contributed by atoms with Gasteiger partial charge < -0.3 is 5.11 Å². The highest BCUT2D eigenvalue weighted by Gasteiger charge is 2.15. The average Bonchev–Trinajstić information content (AvgIpc) is 2.78. The lowest BCUT2D eigenvalue weighted by Crippen LogP contribution is -2.07. The van der Waals surface area contributed by atoms with Gasteiger partial charge in [-0.25, -0.2) is 0 Å². The first-order valence-electron chi connectivity index (χ1n) is 6.62. The van der Waals surface area contributed by atoms with Gasteiger partial charge in [0.25, 0.3) is 0 Å². The summed E-state index contributed by atoms with van der Waals surface area (Å²) in [5.41, 5.74) is 4.09. The predicted octanol–water partition coefficient (Wildman–Crippen LogP) is 3.20. The Labute approximate surface area is 118 Å². The highest BCUT2D eigenvalue weighted by Crippen LogP contribution is 2.21. The van der Waals surface area contributed by atoms with Crippen molar-refractivity contribution in [2.75, 3.05) is 0 Å². The molecule has 0 amide bonds. The molecule has 0 spiro atoms. The zero-order valence-electron chi connectivity index (χ0n) is 11.4. The molecule has 1 N–H and O–H groups in total. The Morgan fingerprint density at radius 2 is 1.95 bits per heavy atom. The molecule has 0 saturated carbocycles. The van der Waals surface area contributed by atoms with Gasteiger partial charge in [0.2, 0.25) is 0 Å². The molecule has 4 heteroatoms.